The highest BCUT2D eigenvalue weighted by molar-refractivity contribution is 8.14. The zero-order valence-electron chi connectivity index (χ0n) is 14.5. The first-order valence-electron chi connectivity index (χ1n) is 8.41. The molecule has 4 nitrogen and oxygen atoms in total. The zero-order chi connectivity index (χ0) is 17.9. The molecular formula is C19H22N2O2S2. The van der Waals surface area contributed by atoms with E-state index in [1.54, 1.807) is 12.1 Å². The quantitative estimate of drug-likeness (QED) is 0.768. The number of fused-ring (bicyclic) bond motifs is 1. The molecule has 1 aliphatic rings. The summed E-state index contributed by atoms with van der Waals surface area (Å²) in [7, 11) is -3.64. The van der Waals surface area contributed by atoms with Crippen molar-refractivity contribution in [3.8, 4) is 0 Å². The van der Waals surface area contributed by atoms with Gasteiger partial charge in [0.05, 0.1) is 5.69 Å². The Kier molecular flexibility index (Phi) is 5.49. The Hall–Kier alpha value is -1.79. The van der Waals surface area contributed by atoms with Crippen molar-refractivity contribution in [3.05, 3.63) is 59.7 Å². The van der Waals surface area contributed by atoms with E-state index in [4.69, 9.17) is 0 Å². The van der Waals surface area contributed by atoms with E-state index in [0.717, 1.165) is 25.1 Å². The van der Waals surface area contributed by atoms with Crippen LogP contribution in [0.15, 0.2) is 57.8 Å². The summed E-state index contributed by atoms with van der Waals surface area (Å²) in [6, 6.07) is 15.4. The lowest BCUT2D eigenvalue weighted by atomic mass is 10.2. The minimum absolute atomic E-state index is 0.297. The summed E-state index contributed by atoms with van der Waals surface area (Å²) < 4.78 is 29.2. The van der Waals surface area contributed by atoms with Gasteiger partial charge in [0, 0.05) is 12.3 Å². The summed E-state index contributed by atoms with van der Waals surface area (Å²) in [6.07, 6.45) is 2.03. The van der Waals surface area contributed by atoms with Crippen LogP contribution in [0.2, 0.25) is 0 Å². The van der Waals surface area contributed by atoms with Crippen LogP contribution in [0.25, 0.3) is 0 Å². The van der Waals surface area contributed by atoms with Gasteiger partial charge < -0.3 is 4.90 Å². The fourth-order valence-electron chi connectivity index (χ4n) is 2.79. The summed E-state index contributed by atoms with van der Waals surface area (Å²) in [6.45, 7) is 4.95. The lowest BCUT2D eigenvalue weighted by Gasteiger charge is -2.30. The van der Waals surface area contributed by atoms with Gasteiger partial charge in [-0.2, -0.15) is 8.42 Å². The molecule has 0 amide bonds. The Balaban J connectivity index is 1.91. The molecule has 0 aliphatic carbocycles. The molecule has 0 saturated carbocycles. The Bertz CT molecular complexity index is 892. The second-order valence-electron chi connectivity index (χ2n) is 6.10. The first kappa shape index (κ1) is 18.0. The van der Waals surface area contributed by atoms with Gasteiger partial charge in [0.15, 0.2) is 5.17 Å². The molecule has 0 unspecified atom stereocenters. The number of unbranched alkanes of at least 4 members (excludes halogenated alkanes) is 1. The van der Waals surface area contributed by atoms with Crippen molar-refractivity contribution >= 4 is 32.6 Å². The van der Waals surface area contributed by atoms with Crippen LogP contribution in [-0.4, -0.2) is 20.1 Å². The van der Waals surface area contributed by atoms with Gasteiger partial charge in [-0.25, -0.2) is 0 Å². The molecule has 0 bridgehead atoms. The highest BCUT2D eigenvalue weighted by Crippen LogP contribution is 2.35. The Labute approximate surface area is 154 Å². The molecule has 0 saturated heterocycles. The SMILES string of the molecule is CCCCN1C(SCc2cccc(C)c2)=NS(=O)(=O)c2ccccc21. The minimum Gasteiger partial charge on any atom is -0.319 e. The van der Waals surface area contributed by atoms with Gasteiger partial charge in [-0.3, -0.25) is 0 Å². The predicted octanol–water partition coefficient (Wildman–Crippen LogP) is 4.59. The third kappa shape index (κ3) is 4.07. The van der Waals surface area contributed by atoms with E-state index in [2.05, 4.69) is 36.4 Å². The number of amidine groups is 1. The Morgan fingerprint density at radius 3 is 2.68 bits per heavy atom. The third-order valence-corrected chi connectivity index (χ3v) is 6.53. The van der Waals surface area contributed by atoms with Gasteiger partial charge in [0.2, 0.25) is 0 Å². The van der Waals surface area contributed by atoms with Gasteiger partial charge in [-0.05, 0) is 31.0 Å². The van der Waals surface area contributed by atoms with Crippen LogP contribution in [0.5, 0.6) is 0 Å². The van der Waals surface area contributed by atoms with E-state index in [1.165, 1.54) is 22.9 Å². The van der Waals surface area contributed by atoms with Crippen molar-refractivity contribution in [2.24, 2.45) is 4.40 Å². The number of anilines is 1. The molecule has 1 heterocycles. The maximum Gasteiger partial charge on any atom is 0.286 e. The van der Waals surface area contributed by atoms with Gasteiger partial charge in [0.25, 0.3) is 10.0 Å². The van der Waals surface area contributed by atoms with Crippen molar-refractivity contribution in [1.82, 2.24) is 0 Å². The normalized spacial score (nSPS) is 15.6. The number of rotatable bonds is 5. The van der Waals surface area contributed by atoms with Crippen LogP contribution in [-0.2, 0) is 15.8 Å². The minimum atomic E-state index is -3.64. The number of hydrogen-bond acceptors (Lipinski definition) is 4. The van der Waals surface area contributed by atoms with Crippen LogP contribution in [0.3, 0.4) is 0 Å². The van der Waals surface area contributed by atoms with Gasteiger partial charge in [0.1, 0.15) is 4.90 Å². The Morgan fingerprint density at radius 1 is 1.12 bits per heavy atom. The van der Waals surface area contributed by atoms with E-state index in [9.17, 15) is 8.42 Å². The zero-order valence-corrected chi connectivity index (χ0v) is 16.1. The molecule has 2 aromatic carbocycles. The summed E-state index contributed by atoms with van der Waals surface area (Å²) in [5.41, 5.74) is 3.10. The monoisotopic (exact) mass is 374 g/mol. The standard InChI is InChI=1S/C19H22N2O2S2/c1-3-4-12-21-17-10-5-6-11-18(17)25(22,23)20-19(21)24-14-16-9-7-8-15(2)13-16/h5-11,13H,3-4,12,14H2,1-2H3. The largest absolute Gasteiger partial charge is 0.319 e. The molecule has 0 atom stereocenters. The van der Waals surface area contributed by atoms with E-state index in [0.29, 0.717) is 15.8 Å². The molecule has 0 aromatic heterocycles. The van der Waals surface area contributed by atoms with Crippen molar-refractivity contribution < 1.29 is 8.42 Å². The maximum absolute atomic E-state index is 12.5. The maximum atomic E-state index is 12.5. The molecule has 6 heteroatoms. The lowest BCUT2D eigenvalue weighted by molar-refractivity contribution is 0.596. The van der Waals surface area contributed by atoms with Gasteiger partial charge in [-0.15, -0.1) is 4.40 Å². The van der Waals surface area contributed by atoms with E-state index < -0.39 is 10.0 Å². The number of thioether (sulfide) groups is 1. The number of benzene rings is 2. The van der Waals surface area contributed by atoms with Crippen molar-refractivity contribution in [2.75, 3.05) is 11.4 Å². The van der Waals surface area contributed by atoms with E-state index in [1.807, 2.05) is 23.1 Å². The van der Waals surface area contributed by atoms with E-state index in [-0.39, 0.29) is 0 Å². The second kappa shape index (κ2) is 7.62. The van der Waals surface area contributed by atoms with Crippen LogP contribution in [0.4, 0.5) is 5.69 Å². The number of para-hydroxylation sites is 1. The van der Waals surface area contributed by atoms with Crippen molar-refractivity contribution in [1.29, 1.82) is 0 Å². The number of sulfonamides is 1. The highest BCUT2D eigenvalue weighted by Gasteiger charge is 2.30. The first-order valence-corrected chi connectivity index (χ1v) is 10.8. The lowest BCUT2D eigenvalue weighted by Crippen LogP contribution is -2.34. The predicted molar refractivity (Wildman–Crippen MR) is 106 cm³/mol. The third-order valence-electron chi connectivity index (χ3n) is 4.05. The molecule has 25 heavy (non-hydrogen) atoms. The number of aryl methyl sites for hydroxylation is 1. The Morgan fingerprint density at radius 2 is 1.92 bits per heavy atom. The topological polar surface area (TPSA) is 49.7 Å². The molecule has 0 spiro atoms. The fraction of sp³-hybridized carbons (Fsp3) is 0.316. The molecule has 1 aliphatic heterocycles. The average molecular weight is 375 g/mol. The smallest absolute Gasteiger partial charge is 0.286 e. The molecule has 132 valence electrons. The molecular weight excluding hydrogens is 352 g/mol. The van der Waals surface area contributed by atoms with Crippen LogP contribution < -0.4 is 4.90 Å². The van der Waals surface area contributed by atoms with Crippen molar-refractivity contribution in [2.45, 2.75) is 37.3 Å². The molecule has 0 N–H and O–H groups in total. The number of nitrogens with zero attached hydrogens (tertiary/aromatic N) is 2. The fourth-order valence-corrected chi connectivity index (χ4v) is 5.21. The van der Waals surface area contributed by atoms with Gasteiger partial charge in [-0.1, -0.05) is 67.1 Å². The number of hydrogen-bond donors (Lipinski definition) is 0. The van der Waals surface area contributed by atoms with Gasteiger partial charge >= 0.3 is 0 Å². The highest BCUT2D eigenvalue weighted by atomic mass is 32.2. The molecule has 0 fully saturated rings. The second-order valence-corrected chi connectivity index (χ2v) is 8.61. The molecule has 3 rings (SSSR count). The first-order chi connectivity index (χ1) is 12.0. The summed E-state index contributed by atoms with van der Waals surface area (Å²) in [5.74, 6) is 0.695. The van der Waals surface area contributed by atoms with E-state index >= 15 is 0 Å². The van der Waals surface area contributed by atoms with Crippen LogP contribution in [0, 0.1) is 6.92 Å². The van der Waals surface area contributed by atoms with Crippen molar-refractivity contribution in [3.63, 3.8) is 0 Å². The van der Waals surface area contributed by atoms with Crippen LogP contribution in [0.1, 0.15) is 30.9 Å². The molecule has 0 radical (unpaired) electrons. The van der Waals surface area contributed by atoms with Crippen LogP contribution >= 0.6 is 11.8 Å². The summed E-state index contributed by atoms with van der Waals surface area (Å²) in [4.78, 5) is 2.34. The molecule has 2 aromatic rings. The summed E-state index contributed by atoms with van der Waals surface area (Å²) >= 11 is 1.48. The average Bonchev–Trinajstić information content (AvgIpc) is 2.59. The summed E-state index contributed by atoms with van der Waals surface area (Å²) in [5, 5.41) is 0.564.